The Balaban J connectivity index is 0.000000300. The van der Waals surface area contributed by atoms with E-state index < -0.39 is 48.4 Å². The highest BCUT2D eigenvalue weighted by Gasteiger charge is 2.24. The van der Waals surface area contributed by atoms with Crippen LogP contribution in [0.3, 0.4) is 0 Å². The zero-order valence-electron chi connectivity index (χ0n) is 29.8. The van der Waals surface area contributed by atoms with E-state index in [1.54, 1.807) is 68.4 Å². The minimum absolute atomic E-state index is 0.0339. The molecule has 55 heavy (non-hydrogen) atoms. The molecule has 0 unspecified atom stereocenters. The predicted octanol–water partition coefficient (Wildman–Crippen LogP) is 4.73. The number of amides is 1. The summed E-state index contributed by atoms with van der Waals surface area (Å²) >= 11 is 11.8. The van der Waals surface area contributed by atoms with Crippen LogP contribution in [0.25, 0.3) is 22.3 Å². The molecule has 0 saturated carbocycles. The fourth-order valence-corrected chi connectivity index (χ4v) is 5.28. The van der Waals surface area contributed by atoms with Crippen LogP contribution >= 0.6 is 23.2 Å². The first-order chi connectivity index (χ1) is 26.1. The van der Waals surface area contributed by atoms with Gasteiger partial charge < -0.3 is 24.8 Å². The van der Waals surface area contributed by atoms with Crippen molar-refractivity contribution < 1.29 is 52.8 Å². The van der Waals surface area contributed by atoms with Crippen molar-refractivity contribution >= 4 is 47.0 Å². The number of hydrazine groups is 2. The first-order valence-corrected chi connectivity index (χ1v) is 17.4. The number of halogens is 4. The number of esters is 2. The van der Waals surface area contributed by atoms with Gasteiger partial charge in [-0.25, -0.2) is 33.2 Å². The molecule has 0 spiro atoms. The maximum atomic E-state index is 14.0. The van der Waals surface area contributed by atoms with Gasteiger partial charge in [0.05, 0.1) is 26.3 Å². The van der Waals surface area contributed by atoms with E-state index in [1.807, 2.05) is 0 Å². The number of nitrogens with one attached hydrogen (secondary N) is 1. The number of carbonyl (C=O) groups excluding carboxylic acids is 3. The number of aliphatic hydroxyl groups is 2. The van der Waals surface area contributed by atoms with Crippen molar-refractivity contribution in [1.29, 1.82) is 0 Å². The molecule has 0 aliphatic heterocycles. The molecule has 13 nitrogen and oxygen atoms in total. The van der Waals surface area contributed by atoms with Crippen molar-refractivity contribution in [2.45, 2.75) is 39.1 Å². The number of aliphatic carboxylic acids is 1. The molecular weight excluding hydrogens is 765 g/mol. The Labute approximate surface area is 325 Å². The van der Waals surface area contributed by atoms with E-state index in [1.165, 1.54) is 35.3 Å². The Morgan fingerprint density at radius 1 is 0.709 bits per heavy atom. The molecule has 4 aromatic carbocycles. The van der Waals surface area contributed by atoms with E-state index in [2.05, 4.69) is 5.43 Å². The summed E-state index contributed by atoms with van der Waals surface area (Å²) in [6.45, 7) is 3.31. The quantitative estimate of drug-likeness (QED) is 0.0481. The minimum Gasteiger partial charge on any atom is -0.474 e. The Morgan fingerprint density at radius 2 is 1.13 bits per heavy atom. The zero-order chi connectivity index (χ0) is 40.7. The summed E-state index contributed by atoms with van der Waals surface area (Å²) in [5, 5.41) is 31.7. The monoisotopic (exact) mass is 804 g/mol. The number of hydrogen-bond acceptors (Lipinski definition) is 11. The topological polar surface area (TPSA) is 192 Å². The maximum absolute atomic E-state index is 14.0. The molecule has 1 amide bonds. The highest BCUT2D eigenvalue weighted by molar-refractivity contribution is 6.31. The number of aliphatic hydroxyl groups excluding tert-OH is 2. The van der Waals surface area contributed by atoms with Crippen LogP contribution in [0.15, 0.2) is 84.9 Å². The standard InChI is InChI=1S/C20H20ClFN2O6.C18H20ClFN2O3/c1-2-30-20(29)17(25)11-24(23-18(26)19(27)28)10-12-3-5-13(6-4-12)15-9-14(21)7-8-16(15)22;1-2-25-18(24)17(23)11-22(21)10-12-3-5-13(6-4-12)15-9-14(19)7-8-16(15)20/h3-9,17,25H,2,10-11H2,1H3,(H,23,26)(H,27,28);3-9,17,23H,2,10-11,21H2,1H3/t2*17-/m11/s1. The predicted molar refractivity (Wildman–Crippen MR) is 200 cm³/mol. The number of carboxylic acids is 1. The van der Waals surface area contributed by atoms with Crippen LogP contribution in [0.1, 0.15) is 25.0 Å². The van der Waals surface area contributed by atoms with Crippen LogP contribution in [0.5, 0.6) is 0 Å². The van der Waals surface area contributed by atoms with E-state index in [0.29, 0.717) is 44.4 Å². The fourth-order valence-electron chi connectivity index (χ4n) is 4.93. The molecule has 0 aliphatic rings. The van der Waals surface area contributed by atoms with E-state index in [-0.39, 0.29) is 32.1 Å². The molecule has 0 radical (unpaired) electrons. The summed E-state index contributed by atoms with van der Waals surface area (Å²) in [6, 6.07) is 22.2. The number of carbonyl (C=O) groups is 4. The van der Waals surface area contributed by atoms with Crippen molar-refractivity contribution in [2.24, 2.45) is 5.84 Å². The van der Waals surface area contributed by atoms with Gasteiger partial charge in [-0.15, -0.1) is 0 Å². The number of rotatable bonds is 15. The summed E-state index contributed by atoms with van der Waals surface area (Å²) in [6.07, 6.45) is -2.90. The molecule has 0 saturated heterocycles. The number of ether oxygens (including phenoxy) is 2. The number of nitrogens with zero attached hydrogens (tertiary/aromatic N) is 2. The lowest BCUT2D eigenvalue weighted by Gasteiger charge is -2.24. The van der Waals surface area contributed by atoms with Gasteiger partial charge in [0.1, 0.15) is 11.6 Å². The van der Waals surface area contributed by atoms with Crippen LogP contribution in [-0.4, -0.2) is 87.7 Å². The van der Waals surface area contributed by atoms with Crippen molar-refractivity contribution in [2.75, 3.05) is 26.3 Å². The van der Waals surface area contributed by atoms with Gasteiger partial charge in [-0.2, -0.15) is 0 Å². The Hall–Kier alpha value is -5.00. The lowest BCUT2D eigenvalue weighted by Crippen LogP contribution is -2.49. The van der Waals surface area contributed by atoms with E-state index in [9.17, 15) is 38.2 Å². The summed E-state index contributed by atoms with van der Waals surface area (Å²) in [4.78, 5) is 45.4. The van der Waals surface area contributed by atoms with Gasteiger partial charge in [-0.05, 0) is 72.5 Å². The molecule has 0 heterocycles. The number of hydrogen-bond donors (Lipinski definition) is 5. The summed E-state index contributed by atoms with van der Waals surface area (Å²) < 4.78 is 37.3. The zero-order valence-corrected chi connectivity index (χ0v) is 31.3. The third-order valence-electron chi connectivity index (χ3n) is 7.52. The van der Waals surface area contributed by atoms with Crippen molar-refractivity contribution in [3.8, 4) is 22.3 Å². The van der Waals surface area contributed by atoms with Crippen LogP contribution in [-0.2, 0) is 41.7 Å². The Morgan fingerprint density at radius 3 is 1.55 bits per heavy atom. The molecule has 6 N–H and O–H groups in total. The fraction of sp³-hybridized carbons (Fsp3) is 0.263. The minimum atomic E-state index is -1.72. The number of nitrogens with two attached hydrogens (primary N) is 1. The van der Waals surface area contributed by atoms with Crippen LogP contribution in [0, 0.1) is 11.6 Å². The molecule has 4 rings (SSSR count). The van der Waals surface area contributed by atoms with Crippen molar-refractivity contribution in [1.82, 2.24) is 15.4 Å². The van der Waals surface area contributed by atoms with Gasteiger partial charge in [0, 0.05) is 34.3 Å². The number of carboxylic acid groups (broad SMARTS) is 1. The summed E-state index contributed by atoms with van der Waals surface area (Å²) in [5.74, 6) is 0.363. The molecule has 4 aromatic rings. The number of benzene rings is 4. The largest absolute Gasteiger partial charge is 0.474 e. The Bertz CT molecular complexity index is 1920. The molecular formula is C38H40Cl2F2N4O9. The first kappa shape index (κ1) is 44.4. The van der Waals surface area contributed by atoms with E-state index in [0.717, 1.165) is 10.6 Å². The molecule has 2 atom stereocenters. The van der Waals surface area contributed by atoms with Gasteiger partial charge in [0.15, 0.2) is 12.2 Å². The lowest BCUT2D eigenvalue weighted by atomic mass is 10.0. The molecule has 0 bridgehead atoms. The second-order valence-corrected chi connectivity index (χ2v) is 12.6. The van der Waals surface area contributed by atoms with Crippen LogP contribution < -0.4 is 11.3 Å². The molecule has 0 aliphatic carbocycles. The Kier molecular flexibility index (Phi) is 17.6. The third kappa shape index (κ3) is 14.3. The first-order valence-electron chi connectivity index (χ1n) is 16.7. The van der Waals surface area contributed by atoms with Crippen LogP contribution in [0.2, 0.25) is 10.0 Å². The average molecular weight is 806 g/mol. The average Bonchev–Trinajstić information content (AvgIpc) is 3.14. The molecule has 17 heteroatoms. The smallest absolute Gasteiger partial charge is 0.395 e. The summed E-state index contributed by atoms with van der Waals surface area (Å²) in [7, 11) is 0. The van der Waals surface area contributed by atoms with E-state index >= 15 is 0 Å². The normalized spacial score (nSPS) is 12.0. The van der Waals surface area contributed by atoms with Gasteiger partial charge in [0.2, 0.25) is 0 Å². The second-order valence-electron chi connectivity index (χ2n) is 11.7. The SMILES string of the molecule is CCOC(=O)[C@H](O)CN(Cc1ccc(-c2cc(Cl)ccc2F)cc1)NC(=O)C(=O)O.CCOC(=O)[C@H](O)CN(N)Cc1ccc(-c2cc(Cl)ccc2F)cc1. The van der Waals surface area contributed by atoms with Gasteiger partial charge in [0.25, 0.3) is 0 Å². The molecule has 0 fully saturated rings. The molecule has 294 valence electrons. The van der Waals surface area contributed by atoms with Gasteiger partial charge in [-0.1, -0.05) is 71.7 Å². The maximum Gasteiger partial charge on any atom is 0.395 e. The van der Waals surface area contributed by atoms with E-state index in [4.69, 9.17) is 43.6 Å². The van der Waals surface area contributed by atoms with Crippen LogP contribution in [0.4, 0.5) is 8.78 Å². The second kappa shape index (κ2) is 21.8. The third-order valence-corrected chi connectivity index (χ3v) is 7.99. The molecule has 0 aromatic heterocycles. The van der Waals surface area contributed by atoms with Gasteiger partial charge in [-0.3, -0.25) is 16.1 Å². The highest BCUT2D eigenvalue weighted by Crippen LogP contribution is 2.28. The highest BCUT2D eigenvalue weighted by atomic mass is 35.5. The summed E-state index contributed by atoms with van der Waals surface area (Å²) in [5.41, 5.74) is 5.54. The van der Waals surface area contributed by atoms with Crippen molar-refractivity contribution in [3.05, 3.63) is 118 Å². The van der Waals surface area contributed by atoms with Gasteiger partial charge >= 0.3 is 23.8 Å². The van der Waals surface area contributed by atoms with Crippen molar-refractivity contribution in [3.63, 3.8) is 0 Å². The lowest BCUT2D eigenvalue weighted by molar-refractivity contribution is -0.157.